The van der Waals surface area contributed by atoms with Gasteiger partial charge in [-0.05, 0) is 30.6 Å². The summed E-state index contributed by atoms with van der Waals surface area (Å²) < 4.78 is 5.06. The summed E-state index contributed by atoms with van der Waals surface area (Å²) >= 11 is 1.69. The van der Waals surface area contributed by atoms with E-state index in [1.54, 1.807) is 30.0 Å². The normalized spacial score (nSPS) is 12.2. The Balaban J connectivity index is 2.65. The summed E-state index contributed by atoms with van der Waals surface area (Å²) in [6.07, 6.45) is 4.42. The third kappa shape index (κ3) is 5.90. The van der Waals surface area contributed by atoms with E-state index in [0.717, 1.165) is 11.4 Å². The molecule has 1 amide bonds. The molecule has 1 heterocycles. The van der Waals surface area contributed by atoms with Gasteiger partial charge in [0.05, 0.1) is 24.9 Å². The van der Waals surface area contributed by atoms with E-state index in [1.165, 1.54) is 0 Å². The Morgan fingerprint density at radius 1 is 1.55 bits per heavy atom. The highest BCUT2D eigenvalue weighted by Gasteiger charge is 2.20. The van der Waals surface area contributed by atoms with Gasteiger partial charge in [0.15, 0.2) is 0 Å². The SMILES string of the molecule is COCCN(Cc1ccccn1)C(=O)[C@@H](N)CCSC. The molecule has 0 radical (unpaired) electrons. The highest BCUT2D eigenvalue weighted by atomic mass is 32.2. The van der Waals surface area contributed by atoms with Crippen molar-refractivity contribution in [2.75, 3.05) is 32.3 Å². The first kappa shape index (κ1) is 16.9. The standard InChI is InChI=1S/C14H23N3O2S/c1-19-9-8-17(11-12-5-3-4-7-16-12)14(18)13(15)6-10-20-2/h3-5,7,13H,6,8-11,15H2,1-2H3/t13-/m0/s1. The van der Waals surface area contributed by atoms with Crippen LogP contribution in [0.2, 0.25) is 0 Å². The van der Waals surface area contributed by atoms with E-state index >= 15 is 0 Å². The number of pyridine rings is 1. The van der Waals surface area contributed by atoms with Crippen LogP contribution in [0.5, 0.6) is 0 Å². The van der Waals surface area contributed by atoms with E-state index < -0.39 is 6.04 Å². The van der Waals surface area contributed by atoms with E-state index in [1.807, 2.05) is 24.5 Å². The fraction of sp³-hybridized carbons (Fsp3) is 0.571. The van der Waals surface area contributed by atoms with Gasteiger partial charge >= 0.3 is 0 Å². The Morgan fingerprint density at radius 3 is 2.95 bits per heavy atom. The molecule has 0 unspecified atom stereocenters. The van der Waals surface area contributed by atoms with Crippen LogP contribution in [-0.4, -0.2) is 54.1 Å². The molecule has 1 rings (SSSR count). The third-order valence-corrected chi connectivity index (χ3v) is 3.55. The van der Waals surface area contributed by atoms with Crippen LogP contribution < -0.4 is 5.73 Å². The highest BCUT2D eigenvalue weighted by molar-refractivity contribution is 7.98. The Labute approximate surface area is 124 Å². The molecule has 0 aliphatic heterocycles. The number of carbonyl (C=O) groups is 1. The average Bonchev–Trinajstić information content (AvgIpc) is 2.49. The van der Waals surface area contributed by atoms with Gasteiger partial charge in [-0.2, -0.15) is 11.8 Å². The van der Waals surface area contributed by atoms with E-state index in [0.29, 0.717) is 26.1 Å². The van der Waals surface area contributed by atoms with Crippen LogP contribution in [0.15, 0.2) is 24.4 Å². The van der Waals surface area contributed by atoms with E-state index in [9.17, 15) is 4.79 Å². The molecule has 5 nitrogen and oxygen atoms in total. The zero-order valence-corrected chi connectivity index (χ0v) is 12.9. The Hall–Kier alpha value is -1.11. The van der Waals surface area contributed by atoms with Crippen LogP contribution in [-0.2, 0) is 16.1 Å². The van der Waals surface area contributed by atoms with Crippen molar-refractivity contribution in [1.82, 2.24) is 9.88 Å². The number of thioether (sulfide) groups is 1. The van der Waals surface area contributed by atoms with E-state index in [2.05, 4.69) is 4.98 Å². The molecule has 112 valence electrons. The first-order valence-electron chi connectivity index (χ1n) is 6.61. The van der Waals surface area contributed by atoms with E-state index in [-0.39, 0.29) is 5.91 Å². The van der Waals surface area contributed by atoms with Gasteiger partial charge in [-0.3, -0.25) is 9.78 Å². The molecular formula is C14H23N3O2S. The van der Waals surface area contributed by atoms with Gasteiger partial charge < -0.3 is 15.4 Å². The highest BCUT2D eigenvalue weighted by Crippen LogP contribution is 2.06. The molecule has 1 atom stereocenters. The number of hydrogen-bond acceptors (Lipinski definition) is 5. The summed E-state index contributed by atoms with van der Waals surface area (Å²) in [6.45, 7) is 1.49. The number of methoxy groups -OCH3 is 1. The number of rotatable bonds is 9. The fourth-order valence-electron chi connectivity index (χ4n) is 1.76. The summed E-state index contributed by atoms with van der Waals surface area (Å²) in [5, 5.41) is 0. The summed E-state index contributed by atoms with van der Waals surface area (Å²) in [5.41, 5.74) is 6.82. The molecular weight excluding hydrogens is 274 g/mol. The van der Waals surface area contributed by atoms with Gasteiger partial charge in [0.2, 0.25) is 5.91 Å². The molecule has 0 bridgehead atoms. The van der Waals surface area contributed by atoms with Crippen molar-refractivity contribution < 1.29 is 9.53 Å². The minimum absolute atomic E-state index is 0.0400. The topological polar surface area (TPSA) is 68.5 Å². The number of aromatic nitrogens is 1. The summed E-state index contributed by atoms with van der Waals surface area (Å²) in [5.74, 6) is 0.843. The van der Waals surface area contributed by atoms with Crippen LogP contribution in [0.1, 0.15) is 12.1 Å². The molecule has 6 heteroatoms. The summed E-state index contributed by atoms with van der Waals surface area (Å²) in [7, 11) is 1.62. The second kappa shape index (κ2) is 9.74. The third-order valence-electron chi connectivity index (χ3n) is 2.91. The van der Waals surface area contributed by atoms with Crippen molar-refractivity contribution in [3.8, 4) is 0 Å². The van der Waals surface area contributed by atoms with Gasteiger partial charge in [-0.25, -0.2) is 0 Å². The molecule has 0 aliphatic rings. The van der Waals surface area contributed by atoms with Crippen LogP contribution in [0, 0.1) is 0 Å². The van der Waals surface area contributed by atoms with Crippen molar-refractivity contribution >= 4 is 17.7 Å². The molecule has 0 aliphatic carbocycles. The first-order valence-corrected chi connectivity index (χ1v) is 8.00. The Morgan fingerprint density at radius 2 is 2.35 bits per heavy atom. The van der Waals surface area contributed by atoms with Gasteiger partial charge in [0.25, 0.3) is 0 Å². The summed E-state index contributed by atoms with van der Waals surface area (Å²) in [6, 6.07) is 5.22. The van der Waals surface area contributed by atoms with Crippen molar-refractivity contribution in [3.63, 3.8) is 0 Å². The lowest BCUT2D eigenvalue weighted by Crippen LogP contribution is -2.45. The average molecular weight is 297 g/mol. The van der Waals surface area contributed by atoms with Crippen LogP contribution in [0.4, 0.5) is 0 Å². The number of nitrogens with two attached hydrogens (primary N) is 1. The van der Waals surface area contributed by atoms with Gasteiger partial charge in [0.1, 0.15) is 0 Å². The quantitative estimate of drug-likeness (QED) is 0.740. The number of nitrogens with zero attached hydrogens (tertiary/aromatic N) is 2. The smallest absolute Gasteiger partial charge is 0.239 e. The summed E-state index contributed by atoms with van der Waals surface area (Å²) in [4.78, 5) is 18.3. The van der Waals surface area contributed by atoms with Gasteiger partial charge in [-0.15, -0.1) is 0 Å². The lowest BCUT2D eigenvalue weighted by atomic mass is 10.2. The number of carbonyl (C=O) groups excluding carboxylic acids is 1. The number of hydrogen-bond donors (Lipinski definition) is 1. The first-order chi connectivity index (χ1) is 9.69. The van der Waals surface area contributed by atoms with E-state index in [4.69, 9.17) is 10.5 Å². The van der Waals surface area contributed by atoms with Gasteiger partial charge in [-0.1, -0.05) is 6.07 Å². The number of amides is 1. The van der Waals surface area contributed by atoms with Crippen molar-refractivity contribution in [1.29, 1.82) is 0 Å². The molecule has 20 heavy (non-hydrogen) atoms. The van der Waals surface area contributed by atoms with Crippen molar-refractivity contribution in [2.24, 2.45) is 5.73 Å². The minimum atomic E-state index is -0.456. The minimum Gasteiger partial charge on any atom is -0.383 e. The Bertz CT molecular complexity index is 389. The zero-order chi connectivity index (χ0) is 14.8. The Kier molecular flexibility index (Phi) is 8.25. The van der Waals surface area contributed by atoms with Crippen molar-refractivity contribution in [3.05, 3.63) is 30.1 Å². The monoisotopic (exact) mass is 297 g/mol. The molecule has 0 saturated carbocycles. The van der Waals surface area contributed by atoms with Crippen LogP contribution in [0.3, 0.4) is 0 Å². The molecule has 1 aromatic rings. The zero-order valence-electron chi connectivity index (χ0n) is 12.1. The maximum Gasteiger partial charge on any atom is 0.239 e. The lowest BCUT2D eigenvalue weighted by Gasteiger charge is -2.25. The molecule has 1 aromatic heterocycles. The largest absolute Gasteiger partial charge is 0.383 e. The second-order valence-corrected chi connectivity index (χ2v) is 5.45. The van der Waals surface area contributed by atoms with Crippen LogP contribution >= 0.6 is 11.8 Å². The second-order valence-electron chi connectivity index (χ2n) is 4.46. The predicted octanol–water partition coefficient (Wildman–Crippen LogP) is 1.14. The molecule has 0 saturated heterocycles. The molecule has 0 aromatic carbocycles. The maximum absolute atomic E-state index is 12.4. The number of ether oxygens (including phenoxy) is 1. The predicted molar refractivity (Wildman–Crippen MR) is 82.5 cm³/mol. The van der Waals surface area contributed by atoms with Crippen LogP contribution in [0.25, 0.3) is 0 Å². The molecule has 0 fully saturated rings. The lowest BCUT2D eigenvalue weighted by molar-refractivity contribution is -0.134. The molecule has 0 spiro atoms. The maximum atomic E-state index is 12.4. The van der Waals surface area contributed by atoms with Crippen molar-refractivity contribution in [2.45, 2.75) is 19.0 Å². The molecule has 2 N–H and O–H groups in total. The van der Waals surface area contributed by atoms with Gasteiger partial charge in [0, 0.05) is 19.9 Å². The fourth-order valence-corrected chi connectivity index (χ4v) is 2.25.